The van der Waals surface area contributed by atoms with Gasteiger partial charge in [0.25, 0.3) is 5.91 Å². The molecule has 0 radical (unpaired) electrons. The summed E-state index contributed by atoms with van der Waals surface area (Å²) in [5.74, 6) is -0.769. The molecule has 0 atom stereocenters. The van der Waals surface area contributed by atoms with Gasteiger partial charge in [-0.2, -0.15) is 5.10 Å². The molecule has 196 valence electrons. The number of anilines is 1. The van der Waals surface area contributed by atoms with Gasteiger partial charge in [0.15, 0.2) is 0 Å². The maximum atomic E-state index is 12.9. The van der Waals surface area contributed by atoms with E-state index in [0.717, 1.165) is 18.4 Å². The summed E-state index contributed by atoms with van der Waals surface area (Å²) in [5.41, 5.74) is 2.58. The van der Waals surface area contributed by atoms with Crippen LogP contribution in [0.5, 0.6) is 5.75 Å². The summed E-state index contributed by atoms with van der Waals surface area (Å²) in [6.07, 6.45) is 7.92. The highest BCUT2D eigenvalue weighted by atomic mass is 19.4. The first kappa shape index (κ1) is 25.1. The molecule has 12 heteroatoms. The fourth-order valence-corrected chi connectivity index (χ4v) is 4.30. The summed E-state index contributed by atoms with van der Waals surface area (Å²) in [7, 11) is 0. The number of ether oxygens (including phenoxy) is 1. The van der Waals surface area contributed by atoms with Crippen molar-refractivity contribution in [2.24, 2.45) is 0 Å². The Hall–Kier alpha value is -4.61. The number of fused-ring (bicyclic) bond motifs is 1. The topological polar surface area (TPSA) is 93.8 Å². The van der Waals surface area contributed by atoms with Crippen LogP contribution in [-0.4, -0.2) is 55.3 Å². The zero-order chi connectivity index (χ0) is 26.7. The fourth-order valence-electron chi connectivity index (χ4n) is 4.30. The Morgan fingerprint density at radius 1 is 1.03 bits per heavy atom. The number of hydrogen-bond donors (Lipinski definition) is 1. The predicted octanol–water partition coefficient (Wildman–Crippen LogP) is 4.56. The Labute approximate surface area is 215 Å². The van der Waals surface area contributed by atoms with Crippen molar-refractivity contribution >= 4 is 29.1 Å². The first-order valence-electron chi connectivity index (χ1n) is 11.8. The smallest absolute Gasteiger partial charge is 0.406 e. The van der Waals surface area contributed by atoms with Crippen LogP contribution in [0.2, 0.25) is 0 Å². The van der Waals surface area contributed by atoms with Crippen molar-refractivity contribution in [3.63, 3.8) is 0 Å². The zero-order valence-corrected chi connectivity index (χ0v) is 20.0. The van der Waals surface area contributed by atoms with Crippen LogP contribution in [0.1, 0.15) is 34.8 Å². The van der Waals surface area contributed by atoms with Crippen LogP contribution in [0.25, 0.3) is 11.6 Å². The second kappa shape index (κ2) is 10.4. The molecule has 9 nitrogen and oxygen atoms in total. The molecule has 4 aromatic rings. The molecule has 1 saturated heterocycles. The van der Waals surface area contributed by atoms with Crippen LogP contribution in [-0.2, 0) is 4.79 Å². The number of aromatic nitrogens is 4. The van der Waals surface area contributed by atoms with Crippen LogP contribution in [0, 0.1) is 0 Å². The SMILES string of the molecule is O=C(/C=C/c1ccc(OC(F)(F)F)cc1)Nc1cnn(C2CCN(C(=O)c3ccc4cncn4c3)CC2)c1. The van der Waals surface area contributed by atoms with E-state index in [1.807, 2.05) is 15.4 Å². The third kappa shape index (κ3) is 6.02. The number of rotatable bonds is 6. The highest BCUT2D eigenvalue weighted by Gasteiger charge is 2.31. The van der Waals surface area contributed by atoms with E-state index in [-0.39, 0.29) is 17.7 Å². The number of likely N-dealkylation sites (tertiary alicyclic amines) is 1. The molecule has 38 heavy (non-hydrogen) atoms. The van der Waals surface area contributed by atoms with Gasteiger partial charge in [0.2, 0.25) is 5.91 Å². The number of piperidine rings is 1. The Kier molecular flexibility index (Phi) is 6.86. The summed E-state index contributed by atoms with van der Waals surface area (Å²) in [5, 5.41) is 7.09. The number of benzene rings is 1. The van der Waals surface area contributed by atoms with Crippen LogP contribution in [0.4, 0.5) is 18.9 Å². The molecule has 1 aliphatic heterocycles. The van der Waals surface area contributed by atoms with Gasteiger partial charge in [-0.05, 0) is 48.7 Å². The average Bonchev–Trinajstić information content (AvgIpc) is 3.56. The highest BCUT2D eigenvalue weighted by molar-refractivity contribution is 6.01. The second-order valence-electron chi connectivity index (χ2n) is 8.82. The third-order valence-corrected chi connectivity index (χ3v) is 6.19. The number of imidazole rings is 1. The highest BCUT2D eigenvalue weighted by Crippen LogP contribution is 2.25. The van der Waals surface area contributed by atoms with Crippen molar-refractivity contribution < 1.29 is 27.5 Å². The lowest BCUT2D eigenvalue weighted by molar-refractivity contribution is -0.274. The first-order chi connectivity index (χ1) is 18.2. The summed E-state index contributed by atoms with van der Waals surface area (Å²) < 4.78 is 44.2. The summed E-state index contributed by atoms with van der Waals surface area (Å²) in [4.78, 5) is 31.1. The molecule has 0 spiro atoms. The van der Waals surface area contributed by atoms with Crippen LogP contribution in [0.15, 0.2) is 73.6 Å². The summed E-state index contributed by atoms with van der Waals surface area (Å²) >= 11 is 0. The monoisotopic (exact) mass is 524 g/mol. The van der Waals surface area contributed by atoms with Crippen molar-refractivity contribution in [1.82, 2.24) is 24.1 Å². The van der Waals surface area contributed by atoms with Crippen LogP contribution >= 0.6 is 0 Å². The Morgan fingerprint density at radius 3 is 2.53 bits per heavy atom. The molecular formula is C26H23F3N6O3. The molecule has 0 unspecified atom stereocenters. The molecule has 1 fully saturated rings. The number of amides is 2. The summed E-state index contributed by atoms with van der Waals surface area (Å²) in [6.45, 7) is 1.17. The minimum absolute atomic E-state index is 0.0261. The van der Waals surface area contributed by atoms with Crippen molar-refractivity contribution in [3.8, 4) is 5.75 Å². The van der Waals surface area contributed by atoms with E-state index in [1.54, 1.807) is 41.9 Å². The number of nitrogens with one attached hydrogen (secondary N) is 1. The van der Waals surface area contributed by atoms with Gasteiger partial charge in [0, 0.05) is 31.6 Å². The van der Waals surface area contributed by atoms with E-state index in [1.165, 1.54) is 36.4 Å². The molecule has 0 saturated carbocycles. The number of alkyl halides is 3. The molecule has 4 heterocycles. The molecule has 0 bridgehead atoms. The Bertz CT molecular complexity index is 1470. The second-order valence-corrected chi connectivity index (χ2v) is 8.82. The first-order valence-corrected chi connectivity index (χ1v) is 11.8. The Balaban J connectivity index is 1.12. The number of halogens is 3. The average molecular weight is 525 g/mol. The number of nitrogens with zero attached hydrogens (tertiary/aromatic N) is 5. The maximum Gasteiger partial charge on any atom is 0.573 e. The third-order valence-electron chi connectivity index (χ3n) is 6.19. The largest absolute Gasteiger partial charge is 0.573 e. The lowest BCUT2D eigenvalue weighted by Crippen LogP contribution is -2.39. The van der Waals surface area contributed by atoms with Gasteiger partial charge in [0.1, 0.15) is 5.75 Å². The normalized spacial score (nSPS) is 14.8. The lowest BCUT2D eigenvalue weighted by atomic mass is 10.0. The number of pyridine rings is 1. The molecule has 2 amide bonds. The number of carbonyl (C=O) groups is 2. The van der Waals surface area contributed by atoms with Crippen molar-refractivity contribution in [1.29, 1.82) is 0 Å². The zero-order valence-electron chi connectivity index (χ0n) is 20.0. The molecule has 1 N–H and O–H groups in total. The van der Waals surface area contributed by atoms with Crippen molar-refractivity contribution in [2.75, 3.05) is 18.4 Å². The maximum absolute atomic E-state index is 12.9. The fraction of sp³-hybridized carbons (Fsp3) is 0.231. The van der Waals surface area contributed by atoms with Gasteiger partial charge in [-0.3, -0.25) is 14.3 Å². The molecule has 1 aromatic carbocycles. The minimum Gasteiger partial charge on any atom is -0.406 e. The standard InChI is InChI=1S/C26H23F3N6O3/c27-26(28,29)38-23-6-1-18(2-7-23)3-8-24(36)32-20-13-31-35(16-20)21-9-11-33(12-10-21)25(37)19-4-5-22-14-30-17-34(22)15-19/h1-8,13-17,21H,9-12H2,(H,32,36)/b8-3+. The van der Waals surface area contributed by atoms with Crippen molar-refractivity contribution in [2.45, 2.75) is 25.2 Å². The van der Waals surface area contributed by atoms with Crippen LogP contribution in [0.3, 0.4) is 0 Å². The van der Waals surface area contributed by atoms with Gasteiger partial charge >= 0.3 is 6.36 Å². The number of carbonyl (C=O) groups excluding carboxylic acids is 2. The van der Waals surface area contributed by atoms with E-state index >= 15 is 0 Å². The van der Waals surface area contributed by atoms with Gasteiger partial charge in [-0.15, -0.1) is 13.2 Å². The molecule has 0 aliphatic carbocycles. The predicted molar refractivity (Wildman–Crippen MR) is 132 cm³/mol. The van der Waals surface area contributed by atoms with Gasteiger partial charge < -0.3 is 19.4 Å². The minimum atomic E-state index is -4.76. The van der Waals surface area contributed by atoms with Gasteiger partial charge in [0.05, 0.1) is 41.5 Å². The Morgan fingerprint density at radius 2 is 1.79 bits per heavy atom. The van der Waals surface area contributed by atoms with E-state index < -0.39 is 12.3 Å². The molecular weight excluding hydrogens is 501 g/mol. The lowest BCUT2D eigenvalue weighted by Gasteiger charge is -2.32. The van der Waals surface area contributed by atoms with Crippen LogP contribution < -0.4 is 10.1 Å². The molecule has 1 aliphatic rings. The summed E-state index contributed by atoms with van der Waals surface area (Å²) in [6, 6.07) is 8.93. The van der Waals surface area contributed by atoms with E-state index in [9.17, 15) is 22.8 Å². The molecule has 3 aromatic heterocycles. The van der Waals surface area contributed by atoms with Crippen molar-refractivity contribution in [3.05, 3.63) is 84.7 Å². The van der Waals surface area contributed by atoms with Gasteiger partial charge in [-0.25, -0.2) is 4.98 Å². The van der Waals surface area contributed by atoms with Gasteiger partial charge in [-0.1, -0.05) is 12.1 Å². The molecule has 5 rings (SSSR count). The quantitative estimate of drug-likeness (QED) is 0.374. The van der Waals surface area contributed by atoms with E-state index in [2.05, 4.69) is 20.1 Å². The van der Waals surface area contributed by atoms with E-state index in [0.29, 0.717) is 29.9 Å². The number of hydrogen-bond acceptors (Lipinski definition) is 5. The van der Waals surface area contributed by atoms with E-state index in [4.69, 9.17) is 0 Å².